The Balaban J connectivity index is 1.65. The maximum atomic E-state index is 12.1. The molecule has 110 valence electrons. The monoisotopic (exact) mass is 309 g/mol. The predicted molar refractivity (Wildman–Crippen MR) is 88.9 cm³/mol. The summed E-state index contributed by atoms with van der Waals surface area (Å²) in [5.41, 5.74) is 3.56. The number of carbonyl (C=O) groups excluding carboxylic acids is 1. The standard InChI is InChI=1S/C17H15N3OS/c1-12-5-7-13(8-6-12)19-16(21)10-14-11-22-17(20-14)15-4-2-3-9-18-15/h2-9,11H,10H2,1H3,(H,19,21). The summed E-state index contributed by atoms with van der Waals surface area (Å²) in [4.78, 5) is 20.8. The van der Waals surface area contributed by atoms with Crippen LogP contribution in [-0.2, 0) is 11.2 Å². The fourth-order valence-corrected chi connectivity index (χ4v) is 2.80. The summed E-state index contributed by atoms with van der Waals surface area (Å²) in [5.74, 6) is -0.0678. The first-order valence-corrected chi connectivity index (χ1v) is 7.81. The van der Waals surface area contributed by atoms with Crippen molar-refractivity contribution in [1.29, 1.82) is 0 Å². The molecule has 0 unspecified atom stereocenters. The molecule has 22 heavy (non-hydrogen) atoms. The molecule has 3 aromatic rings. The van der Waals surface area contributed by atoms with Gasteiger partial charge in [0.25, 0.3) is 0 Å². The van der Waals surface area contributed by atoms with Gasteiger partial charge in [-0.25, -0.2) is 4.98 Å². The van der Waals surface area contributed by atoms with Crippen molar-refractivity contribution in [2.24, 2.45) is 0 Å². The minimum absolute atomic E-state index is 0.0678. The Morgan fingerprint density at radius 1 is 1.18 bits per heavy atom. The Labute approximate surface area is 132 Å². The Kier molecular flexibility index (Phi) is 4.25. The van der Waals surface area contributed by atoms with Gasteiger partial charge in [-0.15, -0.1) is 11.3 Å². The van der Waals surface area contributed by atoms with Crippen LogP contribution in [-0.4, -0.2) is 15.9 Å². The molecule has 1 aromatic carbocycles. The van der Waals surface area contributed by atoms with E-state index in [9.17, 15) is 4.79 Å². The van der Waals surface area contributed by atoms with E-state index in [1.54, 1.807) is 6.20 Å². The van der Waals surface area contributed by atoms with E-state index in [0.29, 0.717) is 0 Å². The molecule has 0 saturated heterocycles. The van der Waals surface area contributed by atoms with E-state index in [0.717, 1.165) is 27.6 Å². The van der Waals surface area contributed by atoms with Crippen molar-refractivity contribution in [2.75, 3.05) is 5.32 Å². The Morgan fingerprint density at radius 2 is 2.00 bits per heavy atom. The minimum atomic E-state index is -0.0678. The van der Waals surface area contributed by atoms with Crippen molar-refractivity contribution in [3.8, 4) is 10.7 Å². The molecule has 0 radical (unpaired) electrons. The molecule has 0 atom stereocenters. The molecule has 3 rings (SSSR count). The van der Waals surface area contributed by atoms with Crippen LogP contribution in [0.4, 0.5) is 5.69 Å². The number of benzene rings is 1. The second-order valence-corrected chi connectivity index (χ2v) is 5.81. The van der Waals surface area contributed by atoms with Gasteiger partial charge in [0.15, 0.2) is 0 Å². The van der Waals surface area contributed by atoms with Gasteiger partial charge in [-0.1, -0.05) is 23.8 Å². The molecule has 0 aliphatic carbocycles. The number of nitrogens with one attached hydrogen (secondary N) is 1. The van der Waals surface area contributed by atoms with Gasteiger partial charge >= 0.3 is 0 Å². The van der Waals surface area contributed by atoms with Crippen LogP contribution in [0.25, 0.3) is 10.7 Å². The van der Waals surface area contributed by atoms with Crippen molar-refractivity contribution in [3.05, 3.63) is 65.3 Å². The molecule has 0 spiro atoms. The number of thiazole rings is 1. The van der Waals surface area contributed by atoms with Gasteiger partial charge in [-0.05, 0) is 31.2 Å². The zero-order valence-electron chi connectivity index (χ0n) is 12.1. The molecule has 1 N–H and O–H groups in total. The largest absolute Gasteiger partial charge is 0.326 e. The molecule has 1 amide bonds. The summed E-state index contributed by atoms with van der Waals surface area (Å²) in [7, 11) is 0. The van der Waals surface area contributed by atoms with Gasteiger partial charge in [0.05, 0.1) is 17.8 Å². The molecule has 0 aliphatic heterocycles. The number of amides is 1. The molecule has 0 fully saturated rings. The molecular formula is C17H15N3OS. The fourth-order valence-electron chi connectivity index (χ4n) is 2.00. The maximum Gasteiger partial charge on any atom is 0.230 e. The Hall–Kier alpha value is -2.53. The summed E-state index contributed by atoms with van der Waals surface area (Å²) in [6.07, 6.45) is 2.00. The lowest BCUT2D eigenvalue weighted by Crippen LogP contribution is -2.14. The van der Waals surface area contributed by atoms with Crippen molar-refractivity contribution < 1.29 is 4.79 Å². The van der Waals surface area contributed by atoms with Crippen LogP contribution in [0.3, 0.4) is 0 Å². The quantitative estimate of drug-likeness (QED) is 0.799. The van der Waals surface area contributed by atoms with Crippen LogP contribution in [0.1, 0.15) is 11.3 Å². The highest BCUT2D eigenvalue weighted by atomic mass is 32.1. The van der Waals surface area contributed by atoms with Crippen molar-refractivity contribution >= 4 is 22.9 Å². The third-order valence-electron chi connectivity index (χ3n) is 3.11. The molecule has 0 aliphatic rings. The summed E-state index contributed by atoms with van der Waals surface area (Å²) >= 11 is 1.50. The fraction of sp³-hybridized carbons (Fsp3) is 0.118. The van der Waals surface area contributed by atoms with Gasteiger partial charge in [0.2, 0.25) is 5.91 Å². The molecule has 2 aromatic heterocycles. The van der Waals surface area contributed by atoms with Crippen LogP contribution >= 0.6 is 11.3 Å². The molecular weight excluding hydrogens is 294 g/mol. The van der Waals surface area contributed by atoms with Gasteiger partial charge in [0.1, 0.15) is 5.01 Å². The summed E-state index contributed by atoms with van der Waals surface area (Å²) in [6.45, 7) is 2.01. The number of aromatic nitrogens is 2. The number of nitrogens with zero attached hydrogens (tertiary/aromatic N) is 2. The lowest BCUT2D eigenvalue weighted by atomic mass is 10.2. The van der Waals surface area contributed by atoms with Gasteiger partial charge < -0.3 is 5.32 Å². The van der Waals surface area contributed by atoms with E-state index in [1.807, 2.05) is 54.8 Å². The Morgan fingerprint density at radius 3 is 2.73 bits per heavy atom. The summed E-state index contributed by atoms with van der Waals surface area (Å²) in [6, 6.07) is 13.4. The number of aryl methyl sites for hydroxylation is 1. The summed E-state index contributed by atoms with van der Waals surface area (Å²) < 4.78 is 0. The molecule has 5 heteroatoms. The lowest BCUT2D eigenvalue weighted by molar-refractivity contribution is -0.115. The van der Waals surface area contributed by atoms with Crippen molar-refractivity contribution in [1.82, 2.24) is 9.97 Å². The van der Waals surface area contributed by atoms with Crippen LogP contribution in [0.2, 0.25) is 0 Å². The number of rotatable bonds is 4. The topological polar surface area (TPSA) is 54.9 Å². The third-order valence-corrected chi connectivity index (χ3v) is 4.03. The zero-order chi connectivity index (χ0) is 15.4. The molecule has 0 saturated carbocycles. The van der Waals surface area contributed by atoms with Gasteiger partial charge in [-0.2, -0.15) is 0 Å². The number of pyridine rings is 1. The first-order chi connectivity index (χ1) is 10.7. The molecule has 0 bridgehead atoms. The molecule has 4 nitrogen and oxygen atoms in total. The van der Waals surface area contributed by atoms with E-state index in [4.69, 9.17) is 0 Å². The average Bonchev–Trinajstić information content (AvgIpc) is 2.99. The highest BCUT2D eigenvalue weighted by Crippen LogP contribution is 2.21. The van der Waals surface area contributed by atoms with Crippen LogP contribution in [0, 0.1) is 6.92 Å². The first-order valence-electron chi connectivity index (χ1n) is 6.93. The smallest absolute Gasteiger partial charge is 0.230 e. The maximum absolute atomic E-state index is 12.1. The summed E-state index contributed by atoms with van der Waals surface area (Å²) in [5, 5.41) is 5.61. The number of hydrogen-bond acceptors (Lipinski definition) is 4. The highest BCUT2D eigenvalue weighted by molar-refractivity contribution is 7.13. The number of anilines is 1. The van der Waals surface area contributed by atoms with Crippen molar-refractivity contribution in [3.63, 3.8) is 0 Å². The SMILES string of the molecule is Cc1ccc(NC(=O)Cc2csc(-c3ccccn3)n2)cc1. The molecule has 2 heterocycles. The van der Waals surface area contributed by atoms with Gasteiger partial charge in [0, 0.05) is 17.3 Å². The van der Waals surface area contributed by atoms with E-state index < -0.39 is 0 Å². The van der Waals surface area contributed by atoms with Crippen LogP contribution < -0.4 is 5.32 Å². The van der Waals surface area contributed by atoms with E-state index >= 15 is 0 Å². The first kappa shape index (κ1) is 14.4. The second-order valence-electron chi connectivity index (χ2n) is 4.95. The number of hydrogen-bond donors (Lipinski definition) is 1. The second kappa shape index (κ2) is 6.49. The van der Waals surface area contributed by atoms with Crippen LogP contribution in [0.15, 0.2) is 54.0 Å². The van der Waals surface area contributed by atoms with Crippen molar-refractivity contribution in [2.45, 2.75) is 13.3 Å². The minimum Gasteiger partial charge on any atom is -0.326 e. The van der Waals surface area contributed by atoms with E-state index in [1.165, 1.54) is 11.3 Å². The van der Waals surface area contributed by atoms with E-state index in [2.05, 4.69) is 15.3 Å². The number of carbonyl (C=O) groups is 1. The average molecular weight is 309 g/mol. The lowest BCUT2D eigenvalue weighted by Gasteiger charge is -2.04. The Bertz CT molecular complexity index is 766. The van der Waals surface area contributed by atoms with Gasteiger partial charge in [-0.3, -0.25) is 9.78 Å². The van der Waals surface area contributed by atoms with E-state index in [-0.39, 0.29) is 12.3 Å². The zero-order valence-corrected chi connectivity index (χ0v) is 12.9. The predicted octanol–water partition coefficient (Wildman–Crippen LogP) is 3.69. The third kappa shape index (κ3) is 3.56. The van der Waals surface area contributed by atoms with Crippen LogP contribution in [0.5, 0.6) is 0 Å². The normalized spacial score (nSPS) is 10.4. The highest BCUT2D eigenvalue weighted by Gasteiger charge is 2.09.